The number of rotatable bonds is 3. The summed E-state index contributed by atoms with van der Waals surface area (Å²) in [6.45, 7) is 0.844. The summed E-state index contributed by atoms with van der Waals surface area (Å²) >= 11 is 0. The normalized spacial score (nSPS) is 19.2. The maximum Gasteiger partial charge on any atom is 0.305 e. The van der Waals surface area contributed by atoms with E-state index in [9.17, 15) is 4.79 Å². The number of anilines is 1. The van der Waals surface area contributed by atoms with Crippen LogP contribution in [-0.2, 0) is 4.79 Å². The molecule has 0 saturated carbocycles. The summed E-state index contributed by atoms with van der Waals surface area (Å²) in [6.07, 6.45) is 6.44. The lowest BCUT2D eigenvalue weighted by Crippen LogP contribution is -2.41. The molecular formula is C14H16N4O2. The van der Waals surface area contributed by atoms with Gasteiger partial charge in [0.1, 0.15) is 11.3 Å². The molecule has 0 aliphatic carbocycles. The van der Waals surface area contributed by atoms with Gasteiger partial charge in [0, 0.05) is 25.0 Å². The third-order valence-corrected chi connectivity index (χ3v) is 3.65. The molecule has 2 aromatic heterocycles. The molecule has 0 bridgehead atoms. The Balaban J connectivity index is 1.92. The zero-order valence-corrected chi connectivity index (χ0v) is 11.1. The van der Waals surface area contributed by atoms with Gasteiger partial charge in [0.15, 0.2) is 5.65 Å². The molecule has 1 atom stereocenters. The lowest BCUT2D eigenvalue weighted by molar-refractivity contribution is -0.137. The Morgan fingerprint density at radius 3 is 3.00 bits per heavy atom. The predicted octanol–water partition coefficient (Wildman–Crippen LogP) is 1.86. The average Bonchev–Trinajstić information content (AvgIpc) is 2.47. The molecule has 0 radical (unpaired) electrons. The fourth-order valence-electron chi connectivity index (χ4n) is 2.72. The predicted molar refractivity (Wildman–Crippen MR) is 74.6 cm³/mol. The first-order valence-electron chi connectivity index (χ1n) is 6.80. The van der Waals surface area contributed by atoms with E-state index in [1.54, 1.807) is 12.4 Å². The summed E-state index contributed by atoms with van der Waals surface area (Å²) < 4.78 is 0. The number of hydrogen-bond donors (Lipinski definition) is 1. The maximum absolute atomic E-state index is 11.0. The van der Waals surface area contributed by atoms with Crippen LogP contribution in [-0.4, -0.2) is 38.6 Å². The van der Waals surface area contributed by atoms with Crippen LogP contribution in [0.25, 0.3) is 11.2 Å². The van der Waals surface area contributed by atoms with Crippen LogP contribution in [0.5, 0.6) is 0 Å². The summed E-state index contributed by atoms with van der Waals surface area (Å²) in [7, 11) is 0. The second-order valence-corrected chi connectivity index (χ2v) is 5.01. The van der Waals surface area contributed by atoms with E-state index >= 15 is 0 Å². The minimum Gasteiger partial charge on any atom is -0.481 e. The van der Waals surface area contributed by atoms with Gasteiger partial charge in [0.25, 0.3) is 0 Å². The van der Waals surface area contributed by atoms with Gasteiger partial charge in [-0.2, -0.15) is 0 Å². The molecule has 0 amide bonds. The number of fused-ring (bicyclic) bond motifs is 1. The average molecular weight is 272 g/mol. The summed E-state index contributed by atoms with van der Waals surface area (Å²) in [5, 5.41) is 9.03. The number of carboxylic acids is 1. The first kappa shape index (κ1) is 12.8. The van der Waals surface area contributed by atoms with Crippen LogP contribution >= 0.6 is 0 Å². The molecule has 6 heteroatoms. The minimum absolute atomic E-state index is 0.0165. The van der Waals surface area contributed by atoms with Gasteiger partial charge in [-0.3, -0.25) is 9.78 Å². The molecule has 0 spiro atoms. The smallest absolute Gasteiger partial charge is 0.305 e. The minimum atomic E-state index is -0.762. The third-order valence-electron chi connectivity index (χ3n) is 3.65. The quantitative estimate of drug-likeness (QED) is 0.918. The number of piperidine rings is 1. The topological polar surface area (TPSA) is 79.2 Å². The van der Waals surface area contributed by atoms with Gasteiger partial charge in [-0.1, -0.05) is 0 Å². The van der Waals surface area contributed by atoms with E-state index in [-0.39, 0.29) is 12.5 Å². The van der Waals surface area contributed by atoms with Crippen LogP contribution in [0, 0.1) is 0 Å². The van der Waals surface area contributed by atoms with Crippen LogP contribution in [0.4, 0.5) is 5.82 Å². The Kier molecular flexibility index (Phi) is 3.45. The van der Waals surface area contributed by atoms with Gasteiger partial charge in [-0.05, 0) is 31.4 Å². The summed E-state index contributed by atoms with van der Waals surface area (Å²) in [4.78, 5) is 26.0. The molecule has 1 unspecified atom stereocenters. The van der Waals surface area contributed by atoms with Crippen molar-refractivity contribution in [2.75, 3.05) is 11.4 Å². The lowest BCUT2D eigenvalue weighted by atomic mass is 9.99. The summed E-state index contributed by atoms with van der Waals surface area (Å²) in [5.41, 5.74) is 1.35. The van der Waals surface area contributed by atoms with Gasteiger partial charge < -0.3 is 10.0 Å². The van der Waals surface area contributed by atoms with Crippen molar-refractivity contribution >= 4 is 23.0 Å². The van der Waals surface area contributed by atoms with Crippen molar-refractivity contribution in [1.29, 1.82) is 0 Å². The highest BCUT2D eigenvalue weighted by Gasteiger charge is 2.25. The van der Waals surface area contributed by atoms with Crippen molar-refractivity contribution in [3.8, 4) is 0 Å². The Hall–Kier alpha value is -2.24. The number of aromatic nitrogens is 3. The summed E-state index contributed by atoms with van der Waals surface area (Å²) in [6, 6.07) is 3.80. The molecule has 104 valence electrons. The highest BCUT2D eigenvalue weighted by molar-refractivity contribution is 5.72. The molecule has 1 aliphatic heterocycles. The Bertz CT molecular complexity index is 631. The van der Waals surface area contributed by atoms with E-state index in [0.29, 0.717) is 5.65 Å². The van der Waals surface area contributed by atoms with Crippen LogP contribution in [0.15, 0.2) is 24.5 Å². The highest BCUT2D eigenvalue weighted by Crippen LogP contribution is 2.26. The zero-order chi connectivity index (χ0) is 13.9. The molecule has 0 aromatic carbocycles. The molecule has 2 aromatic rings. The van der Waals surface area contributed by atoms with E-state index in [2.05, 4.69) is 19.9 Å². The van der Waals surface area contributed by atoms with E-state index in [1.165, 1.54) is 0 Å². The Labute approximate surface area is 116 Å². The second kappa shape index (κ2) is 5.40. The van der Waals surface area contributed by atoms with Crippen molar-refractivity contribution in [1.82, 2.24) is 15.0 Å². The largest absolute Gasteiger partial charge is 0.481 e. The lowest BCUT2D eigenvalue weighted by Gasteiger charge is -2.35. The van der Waals surface area contributed by atoms with Crippen molar-refractivity contribution < 1.29 is 9.90 Å². The van der Waals surface area contributed by atoms with Crippen LogP contribution in [0.1, 0.15) is 25.7 Å². The van der Waals surface area contributed by atoms with E-state index in [4.69, 9.17) is 5.11 Å². The molecular weight excluding hydrogens is 256 g/mol. The number of aliphatic carboxylic acids is 1. The number of hydrogen-bond acceptors (Lipinski definition) is 5. The van der Waals surface area contributed by atoms with Crippen molar-refractivity contribution in [3.63, 3.8) is 0 Å². The van der Waals surface area contributed by atoms with Crippen molar-refractivity contribution in [2.24, 2.45) is 0 Å². The van der Waals surface area contributed by atoms with E-state index < -0.39 is 5.97 Å². The van der Waals surface area contributed by atoms with Gasteiger partial charge in [-0.15, -0.1) is 0 Å². The number of pyridine rings is 1. The van der Waals surface area contributed by atoms with Crippen LogP contribution in [0.2, 0.25) is 0 Å². The molecule has 20 heavy (non-hydrogen) atoms. The number of carbonyl (C=O) groups is 1. The van der Waals surface area contributed by atoms with Crippen LogP contribution < -0.4 is 4.90 Å². The summed E-state index contributed by atoms with van der Waals surface area (Å²) in [5.74, 6) is 0.0337. The Morgan fingerprint density at radius 1 is 1.30 bits per heavy atom. The van der Waals surface area contributed by atoms with Gasteiger partial charge >= 0.3 is 5.97 Å². The third kappa shape index (κ3) is 2.54. The van der Waals surface area contributed by atoms with Gasteiger partial charge in [0.05, 0.1) is 6.42 Å². The molecule has 1 fully saturated rings. The van der Waals surface area contributed by atoms with Gasteiger partial charge in [-0.25, -0.2) is 9.97 Å². The SMILES string of the molecule is O=C(O)CC1CCCCN1c1ccc2nccnc2n1. The highest BCUT2D eigenvalue weighted by atomic mass is 16.4. The number of carboxylic acid groups (broad SMARTS) is 1. The first-order valence-corrected chi connectivity index (χ1v) is 6.80. The fraction of sp³-hybridized carbons (Fsp3) is 0.429. The molecule has 3 rings (SSSR count). The zero-order valence-electron chi connectivity index (χ0n) is 11.1. The Morgan fingerprint density at radius 2 is 2.15 bits per heavy atom. The molecule has 1 saturated heterocycles. The van der Waals surface area contributed by atoms with Crippen molar-refractivity contribution in [2.45, 2.75) is 31.7 Å². The van der Waals surface area contributed by atoms with Crippen LogP contribution in [0.3, 0.4) is 0 Å². The second-order valence-electron chi connectivity index (χ2n) is 5.01. The fourth-order valence-corrected chi connectivity index (χ4v) is 2.72. The molecule has 1 aliphatic rings. The van der Waals surface area contributed by atoms with Crippen molar-refractivity contribution in [3.05, 3.63) is 24.5 Å². The molecule has 6 nitrogen and oxygen atoms in total. The van der Waals surface area contributed by atoms with Gasteiger partial charge in [0.2, 0.25) is 0 Å². The maximum atomic E-state index is 11.0. The standard InChI is InChI=1S/C14H16N4O2/c19-13(20)9-10-3-1-2-8-18(10)12-5-4-11-14(17-12)16-7-6-15-11/h4-7,10H,1-3,8-9H2,(H,19,20). The van der Waals surface area contributed by atoms with E-state index in [1.807, 2.05) is 12.1 Å². The first-order chi connectivity index (χ1) is 9.74. The van der Waals surface area contributed by atoms with E-state index in [0.717, 1.165) is 37.1 Å². The molecule has 3 heterocycles. The number of nitrogens with zero attached hydrogens (tertiary/aromatic N) is 4. The monoisotopic (exact) mass is 272 g/mol. The molecule has 1 N–H and O–H groups in total.